The highest BCUT2D eigenvalue weighted by Gasteiger charge is 2.53. The van der Waals surface area contributed by atoms with Gasteiger partial charge in [-0.05, 0) is 23.3 Å². The van der Waals surface area contributed by atoms with Crippen molar-refractivity contribution in [2.75, 3.05) is 33.3 Å². The van der Waals surface area contributed by atoms with Gasteiger partial charge in [-0.15, -0.1) is 0 Å². The fourth-order valence-electron chi connectivity index (χ4n) is 5.49. The summed E-state index contributed by atoms with van der Waals surface area (Å²) >= 11 is 0. The van der Waals surface area contributed by atoms with Gasteiger partial charge in [-0.25, -0.2) is 8.78 Å². The lowest BCUT2D eigenvalue weighted by atomic mass is 9.64. The van der Waals surface area contributed by atoms with Gasteiger partial charge >= 0.3 is 0 Å². The summed E-state index contributed by atoms with van der Waals surface area (Å²) in [5.74, 6) is -1.56. The van der Waals surface area contributed by atoms with Crippen molar-refractivity contribution in [1.82, 2.24) is 0 Å². The Kier molecular flexibility index (Phi) is 6.98. The largest absolute Gasteiger partial charge is 0.490 e. The molecule has 6 heteroatoms. The number of nitrogens with zero attached hydrogens (tertiary/aromatic N) is 1. The highest BCUT2D eigenvalue weighted by Crippen LogP contribution is 2.45. The number of rotatable bonds is 9. The maximum Gasteiger partial charge on any atom is 0.233 e. The molecule has 0 aliphatic carbocycles. The summed E-state index contributed by atoms with van der Waals surface area (Å²) in [6, 6.07) is 23.0. The predicted molar refractivity (Wildman–Crippen MR) is 128 cm³/mol. The van der Waals surface area contributed by atoms with Crippen molar-refractivity contribution in [3.63, 3.8) is 0 Å². The third-order valence-electron chi connectivity index (χ3n) is 7.13. The molecule has 3 aromatic carbocycles. The van der Waals surface area contributed by atoms with Crippen LogP contribution in [-0.4, -0.2) is 43.7 Å². The molecule has 0 radical (unpaired) electrons. The van der Waals surface area contributed by atoms with Crippen LogP contribution >= 0.6 is 0 Å². The molecule has 34 heavy (non-hydrogen) atoms. The number of benzene rings is 3. The quantitative estimate of drug-likeness (QED) is 0.369. The Bertz CT molecular complexity index is 1080. The zero-order valence-electron chi connectivity index (χ0n) is 19.4. The Balaban J connectivity index is 1.51. The van der Waals surface area contributed by atoms with Crippen LogP contribution in [0.5, 0.6) is 5.75 Å². The van der Waals surface area contributed by atoms with Crippen LogP contribution in [-0.2, 0) is 10.2 Å². The summed E-state index contributed by atoms with van der Waals surface area (Å²) in [6.07, 6.45) is 1.57. The zero-order chi connectivity index (χ0) is 24.2. The molecule has 1 amide bonds. The third kappa shape index (κ3) is 4.68. The van der Waals surface area contributed by atoms with E-state index < -0.39 is 17.0 Å². The van der Waals surface area contributed by atoms with Gasteiger partial charge in [-0.2, -0.15) is 0 Å². The molecule has 2 N–H and O–H groups in total. The smallest absolute Gasteiger partial charge is 0.233 e. The van der Waals surface area contributed by atoms with E-state index in [0.717, 1.165) is 47.7 Å². The molecule has 0 bridgehead atoms. The summed E-state index contributed by atoms with van der Waals surface area (Å²) in [5, 5.41) is 0. The van der Waals surface area contributed by atoms with E-state index in [2.05, 4.69) is 7.05 Å². The molecule has 4 nitrogen and oxygen atoms in total. The molecule has 3 aromatic rings. The van der Waals surface area contributed by atoms with Gasteiger partial charge in [0.1, 0.15) is 11.2 Å². The minimum absolute atomic E-state index is 0.0373. The fourth-order valence-corrected chi connectivity index (χ4v) is 5.49. The Morgan fingerprint density at radius 2 is 1.65 bits per heavy atom. The number of likely N-dealkylation sites (tertiary alicyclic amines) is 1. The number of primary amides is 1. The molecule has 1 aliphatic rings. The Labute approximate surface area is 199 Å². The summed E-state index contributed by atoms with van der Waals surface area (Å²) in [5.41, 5.74) is 7.11. The molecular weight excluding hydrogens is 434 g/mol. The van der Waals surface area contributed by atoms with E-state index in [9.17, 15) is 13.6 Å². The van der Waals surface area contributed by atoms with E-state index in [-0.39, 0.29) is 17.6 Å². The topological polar surface area (TPSA) is 52.3 Å². The maximum atomic E-state index is 13.8. The van der Waals surface area contributed by atoms with E-state index in [4.69, 9.17) is 10.5 Å². The van der Waals surface area contributed by atoms with E-state index in [1.54, 1.807) is 0 Å². The lowest BCUT2D eigenvalue weighted by molar-refractivity contribution is -0.899. The molecule has 0 spiro atoms. The lowest BCUT2D eigenvalue weighted by Gasteiger charge is -2.38. The average Bonchev–Trinajstić information content (AvgIpc) is 3.22. The molecule has 1 saturated heterocycles. The SMILES string of the molecule is C[N+]1(CCCOc2ccc(F)cc2F)CC[C@@H](C(C(N)=O)(c2ccccc2)c2ccccc2)C1. The van der Waals surface area contributed by atoms with Crippen LogP contribution in [0.15, 0.2) is 78.9 Å². The molecule has 1 heterocycles. The summed E-state index contributed by atoms with van der Waals surface area (Å²) in [7, 11) is 2.18. The van der Waals surface area contributed by atoms with Crippen molar-refractivity contribution in [2.24, 2.45) is 11.7 Å². The average molecular weight is 466 g/mol. The number of halogens is 2. The number of carbonyl (C=O) groups is 1. The second kappa shape index (κ2) is 9.94. The molecular formula is C28H31F2N2O2+. The van der Waals surface area contributed by atoms with Gasteiger partial charge in [0.25, 0.3) is 0 Å². The molecule has 178 valence electrons. The normalized spacial score (nSPS) is 20.3. The number of quaternary nitrogens is 1. The van der Waals surface area contributed by atoms with Crippen LogP contribution in [0.2, 0.25) is 0 Å². The number of amides is 1. The number of hydrogen-bond donors (Lipinski definition) is 1. The number of hydrogen-bond acceptors (Lipinski definition) is 2. The Hall–Kier alpha value is -3.25. The van der Waals surface area contributed by atoms with Gasteiger partial charge in [-0.1, -0.05) is 60.7 Å². The van der Waals surface area contributed by atoms with Crippen LogP contribution in [0.4, 0.5) is 8.78 Å². The molecule has 1 aliphatic heterocycles. The standard InChI is InChI=1S/C28H30F2N2O2/c1-32(16-8-18-34-26-14-13-24(29)19-25(26)30)17-15-23(20-32)28(27(31)33,21-9-4-2-5-10-21)22-11-6-3-7-12-22/h2-7,9-14,19,23H,8,15-18,20H2,1H3,(H-,31,33)/p+1/t23-,32?/m1/s1. The Morgan fingerprint density at radius 1 is 1.03 bits per heavy atom. The van der Waals surface area contributed by atoms with Crippen LogP contribution < -0.4 is 10.5 Å². The molecule has 2 atom stereocenters. The predicted octanol–water partition coefficient (Wildman–Crippen LogP) is 4.67. The first kappa shape index (κ1) is 23.9. The van der Waals surface area contributed by atoms with E-state index in [1.807, 2.05) is 60.7 Å². The van der Waals surface area contributed by atoms with E-state index >= 15 is 0 Å². The van der Waals surface area contributed by atoms with E-state index in [0.29, 0.717) is 13.0 Å². The van der Waals surface area contributed by atoms with Crippen LogP contribution in [0.25, 0.3) is 0 Å². The molecule has 4 rings (SSSR count). The van der Waals surface area contributed by atoms with Gasteiger partial charge in [0, 0.05) is 24.8 Å². The maximum absolute atomic E-state index is 13.8. The second-order valence-electron chi connectivity index (χ2n) is 9.42. The monoisotopic (exact) mass is 465 g/mol. The minimum Gasteiger partial charge on any atom is -0.490 e. The first-order chi connectivity index (χ1) is 16.3. The van der Waals surface area contributed by atoms with Crippen LogP contribution in [0.3, 0.4) is 0 Å². The summed E-state index contributed by atoms with van der Waals surface area (Å²) in [6.45, 7) is 2.85. The third-order valence-corrected chi connectivity index (χ3v) is 7.13. The Morgan fingerprint density at radius 3 is 2.21 bits per heavy atom. The van der Waals surface area contributed by atoms with Crippen molar-refractivity contribution in [2.45, 2.75) is 18.3 Å². The lowest BCUT2D eigenvalue weighted by Crippen LogP contribution is -2.51. The molecule has 0 aromatic heterocycles. The molecule has 1 fully saturated rings. The van der Waals surface area contributed by atoms with E-state index in [1.165, 1.54) is 12.1 Å². The zero-order valence-corrected chi connectivity index (χ0v) is 19.4. The molecule has 0 saturated carbocycles. The van der Waals surface area contributed by atoms with Crippen molar-refractivity contribution < 1.29 is 22.8 Å². The van der Waals surface area contributed by atoms with Crippen LogP contribution in [0.1, 0.15) is 24.0 Å². The number of ether oxygens (including phenoxy) is 1. The summed E-state index contributed by atoms with van der Waals surface area (Å²) in [4.78, 5) is 13.2. The van der Waals surface area contributed by atoms with Gasteiger partial charge in [0.15, 0.2) is 11.6 Å². The van der Waals surface area contributed by atoms with Gasteiger partial charge in [0.2, 0.25) is 5.91 Å². The van der Waals surface area contributed by atoms with Crippen molar-refractivity contribution >= 4 is 5.91 Å². The highest BCUT2D eigenvalue weighted by molar-refractivity contribution is 5.91. The van der Waals surface area contributed by atoms with Gasteiger partial charge in [-0.3, -0.25) is 4.79 Å². The van der Waals surface area contributed by atoms with Crippen molar-refractivity contribution in [3.05, 3.63) is 102 Å². The van der Waals surface area contributed by atoms with Crippen molar-refractivity contribution in [1.29, 1.82) is 0 Å². The van der Waals surface area contributed by atoms with Crippen molar-refractivity contribution in [3.8, 4) is 5.75 Å². The van der Waals surface area contributed by atoms with Gasteiger partial charge < -0.3 is 15.0 Å². The summed E-state index contributed by atoms with van der Waals surface area (Å²) < 4.78 is 33.2. The second-order valence-corrected chi connectivity index (χ2v) is 9.42. The highest BCUT2D eigenvalue weighted by atomic mass is 19.1. The minimum atomic E-state index is -0.910. The fraction of sp³-hybridized carbons (Fsp3) is 0.321. The first-order valence-electron chi connectivity index (χ1n) is 11.7. The van der Waals surface area contributed by atoms with Crippen LogP contribution in [0, 0.1) is 17.6 Å². The number of nitrogens with two attached hydrogens (primary N) is 1. The van der Waals surface area contributed by atoms with Gasteiger partial charge in [0.05, 0.1) is 33.3 Å². The number of carbonyl (C=O) groups excluding carboxylic acids is 1. The first-order valence-corrected chi connectivity index (χ1v) is 11.7. The molecule has 1 unspecified atom stereocenters.